The van der Waals surface area contributed by atoms with Crippen LogP contribution in [-0.4, -0.2) is 21.5 Å². The van der Waals surface area contributed by atoms with Crippen molar-refractivity contribution in [3.8, 4) is 22.4 Å². The van der Waals surface area contributed by atoms with Crippen LogP contribution >= 0.6 is 0 Å². The van der Waals surface area contributed by atoms with E-state index in [1.807, 2.05) is 25.6 Å². The van der Waals surface area contributed by atoms with Crippen molar-refractivity contribution in [1.29, 1.82) is 0 Å². The molecule has 0 atom stereocenters. The molecule has 0 saturated carbocycles. The summed E-state index contributed by atoms with van der Waals surface area (Å²) in [5.74, 6) is 0.853. The van der Waals surface area contributed by atoms with Crippen molar-refractivity contribution < 1.29 is 4.52 Å². The van der Waals surface area contributed by atoms with Crippen LogP contribution in [0.3, 0.4) is 0 Å². The minimum absolute atomic E-state index is 0.853. The maximum atomic E-state index is 5.37. The van der Waals surface area contributed by atoms with E-state index in [-0.39, 0.29) is 0 Å². The topological polar surface area (TPSA) is 50.0 Å². The van der Waals surface area contributed by atoms with Crippen LogP contribution in [0.5, 0.6) is 0 Å². The van der Waals surface area contributed by atoms with Gasteiger partial charge >= 0.3 is 0 Å². The molecule has 4 aromatic rings. The summed E-state index contributed by atoms with van der Waals surface area (Å²) >= 11 is 0. The van der Waals surface area contributed by atoms with E-state index < -0.39 is 0 Å². The fourth-order valence-corrected chi connectivity index (χ4v) is 3.78. The van der Waals surface area contributed by atoms with Gasteiger partial charge in [0.15, 0.2) is 0 Å². The smallest absolute Gasteiger partial charge is 0.141 e. The average molecular weight is 374 g/mol. The zero-order valence-corrected chi connectivity index (χ0v) is 17.1. The minimum Gasteiger partial charge on any atom is -0.361 e. The lowest BCUT2D eigenvalue weighted by Gasteiger charge is -2.26. The van der Waals surface area contributed by atoms with E-state index in [1.165, 1.54) is 22.5 Å². The number of benzene rings is 2. The summed E-state index contributed by atoms with van der Waals surface area (Å²) < 4.78 is 7.32. The second-order valence-corrected chi connectivity index (χ2v) is 7.26. The number of aromatic nitrogens is 3. The molecule has 2 heterocycles. The van der Waals surface area contributed by atoms with Gasteiger partial charge in [0.05, 0.1) is 11.4 Å². The Morgan fingerprint density at radius 3 is 2.29 bits per heavy atom. The third-order valence-corrected chi connectivity index (χ3v) is 5.25. The predicted molar refractivity (Wildman–Crippen MR) is 114 cm³/mol. The van der Waals surface area contributed by atoms with Gasteiger partial charge in [-0.15, -0.1) is 0 Å². The highest BCUT2D eigenvalue weighted by Crippen LogP contribution is 2.35. The first-order valence-corrected chi connectivity index (χ1v) is 9.61. The molecule has 0 spiro atoms. The van der Waals surface area contributed by atoms with Gasteiger partial charge in [-0.2, -0.15) is 0 Å². The first-order valence-electron chi connectivity index (χ1n) is 9.61. The molecular weight excluding hydrogens is 348 g/mol. The van der Waals surface area contributed by atoms with Gasteiger partial charge in [0.2, 0.25) is 0 Å². The molecule has 0 saturated heterocycles. The zero-order valence-electron chi connectivity index (χ0n) is 17.1. The molecule has 0 bridgehead atoms. The number of H-pyrrole nitrogens is 1. The first-order chi connectivity index (χ1) is 13.5. The van der Waals surface area contributed by atoms with Gasteiger partial charge in [0.25, 0.3) is 0 Å². The maximum Gasteiger partial charge on any atom is 0.141 e. The van der Waals surface area contributed by atoms with Crippen LogP contribution in [0.4, 0.5) is 11.4 Å². The molecule has 2 aromatic carbocycles. The van der Waals surface area contributed by atoms with E-state index in [0.29, 0.717) is 0 Å². The van der Waals surface area contributed by atoms with Crippen molar-refractivity contribution in [2.45, 2.75) is 27.7 Å². The van der Waals surface area contributed by atoms with Gasteiger partial charge in [0, 0.05) is 42.3 Å². The van der Waals surface area contributed by atoms with Crippen molar-refractivity contribution in [1.82, 2.24) is 14.9 Å². The molecule has 0 aliphatic rings. The lowest BCUT2D eigenvalue weighted by Crippen LogP contribution is -2.17. The summed E-state index contributed by atoms with van der Waals surface area (Å²) in [5.41, 5.74) is 9.11. The van der Waals surface area contributed by atoms with E-state index in [9.17, 15) is 0 Å². The second kappa shape index (κ2) is 7.08. The van der Waals surface area contributed by atoms with Crippen molar-refractivity contribution in [2.24, 2.45) is 7.05 Å². The minimum atomic E-state index is 0.853. The van der Waals surface area contributed by atoms with E-state index in [0.717, 1.165) is 34.8 Å². The van der Waals surface area contributed by atoms with Crippen molar-refractivity contribution in [2.75, 3.05) is 11.4 Å². The molecule has 144 valence electrons. The number of hydrogen-bond acceptors (Lipinski definition) is 3. The van der Waals surface area contributed by atoms with Crippen molar-refractivity contribution >= 4 is 11.4 Å². The molecule has 5 heteroatoms. The predicted octanol–water partition coefficient (Wildman–Crippen LogP) is 5.76. The number of aromatic amines is 1. The summed E-state index contributed by atoms with van der Waals surface area (Å²) in [7, 11) is 1.99. The zero-order chi connectivity index (χ0) is 19.8. The van der Waals surface area contributed by atoms with Crippen LogP contribution in [0.25, 0.3) is 22.4 Å². The molecule has 0 amide bonds. The third kappa shape index (κ3) is 3.13. The van der Waals surface area contributed by atoms with E-state index >= 15 is 0 Å². The van der Waals surface area contributed by atoms with Crippen LogP contribution in [-0.2, 0) is 7.05 Å². The number of anilines is 2. The van der Waals surface area contributed by atoms with Crippen LogP contribution in [0.1, 0.15) is 23.9 Å². The van der Waals surface area contributed by atoms with Gasteiger partial charge in [-0.1, -0.05) is 29.4 Å². The molecule has 5 nitrogen and oxygen atoms in total. The second-order valence-electron chi connectivity index (χ2n) is 7.26. The van der Waals surface area contributed by atoms with Crippen LogP contribution in [0.2, 0.25) is 0 Å². The largest absolute Gasteiger partial charge is 0.361 e. The summed E-state index contributed by atoms with van der Waals surface area (Å²) in [6.07, 6.45) is 2.09. The lowest BCUT2D eigenvalue weighted by molar-refractivity contribution is 0.393. The average Bonchev–Trinajstić information content (AvgIpc) is 3.00. The summed E-state index contributed by atoms with van der Waals surface area (Å²) in [4.78, 5) is 2.34. The van der Waals surface area contributed by atoms with Crippen molar-refractivity contribution in [3.63, 3.8) is 0 Å². The number of aryl methyl sites for hydroxylation is 4. The fourth-order valence-electron chi connectivity index (χ4n) is 3.78. The summed E-state index contributed by atoms with van der Waals surface area (Å²) in [6.45, 7) is 9.17. The van der Waals surface area contributed by atoms with Crippen LogP contribution in [0.15, 0.2) is 53.2 Å². The summed E-state index contributed by atoms with van der Waals surface area (Å²) in [6, 6.07) is 15.3. The maximum absolute atomic E-state index is 5.37. The van der Waals surface area contributed by atoms with E-state index in [4.69, 9.17) is 4.52 Å². The molecular formula is C23H26N4O. The Morgan fingerprint density at radius 2 is 1.71 bits per heavy atom. The third-order valence-electron chi connectivity index (χ3n) is 5.25. The Bertz CT molecular complexity index is 1070. The first kappa shape index (κ1) is 18.2. The van der Waals surface area contributed by atoms with Gasteiger partial charge in [0.1, 0.15) is 5.76 Å². The molecule has 0 aliphatic heterocycles. The fraction of sp³-hybridized carbons (Fsp3) is 0.261. The molecule has 0 aliphatic carbocycles. The van der Waals surface area contributed by atoms with Crippen molar-refractivity contribution in [3.05, 3.63) is 65.7 Å². The van der Waals surface area contributed by atoms with Gasteiger partial charge in [-0.3, -0.25) is 9.78 Å². The Hall–Kier alpha value is -3.21. The van der Waals surface area contributed by atoms with E-state index in [1.54, 1.807) is 0 Å². The SMILES string of the molecule is CCN(c1ccc(-c2cn(C)[nH]2)cc1)c1cc(-c2c(C)noc2C)ccc1C. The lowest BCUT2D eigenvalue weighted by atomic mass is 10.0. The van der Waals surface area contributed by atoms with E-state index in [2.05, 4.69) is 77.7 Å². The van der Waals surface area contributed by atoms with Crippen LogP contribution < -0.4 is 4.90 Å². The molecule has 28 heavy (non-hydrogen) atoms. The Labute approximate surface area is 165 Å². The Morgan fingerprint density at radius 1 is 1.04 bits per heavy atom. The Balaban J connectivity index is 1.71. The molecule has 2 aromatic heterocycles. The molecule has 0 unspecified atom stereocenters. The standard InChI is InChI=1S/C23H26N4O/c1-6-27(20-11-9-18(10-12-20)21-14-26(5)24-21)22-13-19(8-7-15(22)2)23-16(3)25-28-17(23)4/h7-14,24H,6H2,1-5H3. The number of nitrogens with zero attached hydrogens (tertiary/aromatic N) is 3. The quantitative estimate of drug-likeness (QED) is 0.483. The van der Waals surface area contributed by atoms with Gasteiger partial charge in [-0.25, -0.2) is 0 Å². The highest BCUT2D eigenvalue weighted by Gasteiger charge is 2.16. The van der Waals surface area contributed by atoms with Gasteiger partial charge in [-0.05, 0) is 57.0 Å². The summed E-state index contributed by atoms with van der Waals surface area (Å²) in [5, 5.41) is 7.37. The van der Waals surface area contributed by atoms with Crippen LogP contribution in [0, 0.1) is 20.8 Å². The molecule has 4 rings (SSSR count). The van der Waals surface area contributed by atoms with Gasteiger partial charge < -0.3 is 9.42 Å². The Kier molecular flexibility index (Phi) is 4.59. The number of hydrogen-bond donors (Lipinski definition) is 1. The monoisotopic (exact) mass is 374 g/mol. The molecule has 0 fully saturated rings. The number of nitrogens with one attached hydrogen (secondary N) is 1. The highest BCUT2D eigenvalue weighted by atomic mass is 16.5. The molecule has 1 N–H and O–H groups in total. The normalized spacial score (nSPS) is 11.2. The molecule has 0 radical (unpaired) electrons. The highest BCUT2D eigenvalue weighted by molar-refractivity contribution is 5.77. The number of rotatable bonds is 5.